The maximum Gasteiger partial charge on any atom is 0.257 e. The number of rotatable bonds is 3. The van der Waals surface area contributed by atoms with Gasteiger partial charge in [-0.3, -0.25) is 19.7 Å². The molecule has 0 unspecified atom stereocenters. The van der Waals surface area contributed by atoms with Gasteiger partial charge in [0.25, 0.3) is 5.91 Å². The summed E-state index contributed by atoms with van der Waals surface area (Å²) in [5.74, 6) is 0.524. The Morgan fingerprint density at radius 3 is 2.60 bits per heavy atom. The third kappa shape index (κ3) is 2.28. The number of carbonyl (C=O) groups is 1. The Kier molecular flexibility index (Phi) is 3.21. The van der Waals surface area contributed by atoms with Crippen LogP contribution in [0.2, 0.25) is 0 Å². The molecular formula is C17H17N5O3. The third-order valence-corrected chi connectivity index (χ3v) is 5.19. The highest BCUT2D eigenvalue weighted by Crippen LogP contribution is 2.51. The third-order valence-electron chi connectivity index (χ3n) is 5.19. The van der Waals surface area contributed by atoms with Crippen molar-refractivity contribution in [2.75, 3.05) is 0 Å². The molecule has 0 N–H and O–H groups in total. The van der Waals surface area contributed by atoms with Gasteiger partial charge in [-0.05, 0) is 12.8 Å². The molecule has 4 heterocycles. The second-order valence-corrected chi connectivity index (χ2v) is 6.69. The van der Waals surface area contributed by atoms with Gasteiger partial charge in [0.05, 0.1) is 24.1 Å². The van der Waals surface area contributed by atoms with Gasteiger partial charge in [0.1, 0.15) is 12.3 Å². The van der Waals surface area contributed by atoms with Crippen molar-refractivity contribution in [3.63, 3.8) is 0 Å². The van der Waals surface area contributed by atoms with Gasteiger partial charge in [0.2, 0.25) is 5.88 Å². The van der Waals surface area contributed by atoms with E-state index < -0.39 is 5.60 Å². The SMILES string of the molecule is O=C1N2[C@@H](CC[C@H]2c2cnccn2)OC12CC(Oc1cnccn1)C2. The number of ether oxygens (including phenoxy) is 2. The molecule has 3 aliphatic rings. The van der Waals surface area contributed by atoms with Crippen LogP contribution in [0.1, 0.15) is 37.4 Å². The quantitative estimate of drug-likeness (QED) is 0.831. The Morgan fingerprint density at radius 1 is 1.08 bits per heavy atom. The first-order valence-electron chi connectivity index (χ1n) is 8.44. The summed E-state index contributed by atoms with van der Waals surface area (Å²) >= 11 is 0. The summed E-state index contributed by atoms with van der Waals surface area (Å²) in [4.78, 5) is 31.5. The Morgan fingerprint density at radius 2 is 1.88 bits per heavy atom. The van der Waals surface area contributed by atoms with Gasteiger partial charge in [0, 0.05) is 37.6 Å². The normalized spacial score (nSPS) is 33.4. The number of fused-ring (bicyclic) bond motifs is 1. The Hall–Kier alpha value is -2.61. The van der Waals surface area contributed by atoms with E-state index in [4.69, 9.17) is 9.47 Å². The van der Waals surface area contributed by atoms with Crippen molar-refractivity contribution < 1.29 is 14.3 Å². The summed E-state index contributed by atoms with van der Waals surface area (Å²) in [6.07, 6.45) is 12.3. The van der Waals surface area contributed by atoms with Gasteiger partial charge in [-0.2, -0.15) is 0 Å². The molecule has 1 saturated carbocycles. The van der Waals surface area contributed by atoms with E-state index in [1.165, 1.54) is 0 Å². The zero-order valence-corrected chi connectivity index (χ0v) is 13.5. The van der Waals surface area contributed by atoms with Gasteiger partial charge >= 0.3 is 0 Å². The predicted octanol–water partition coefficient (Wildman–Crippen LogP) is 1.27. The van der Waals surface area contributed by atoms with Crippen molar-refractivity contribution in [1.29, 1.82) is 0 Å². The Bertz CT molecular complexity index is 781. The van der Waals surface area contributed by atoms with E-state index in [0.29, 0.717) is 18.7 Å². The summed E-state index contributed by atoms with van der Waals surface area (Å²) in [7, 11) is 0. The van der Waals surface area contributed by atoms with E-state index in [0.717, 1.165) is 18.5 Å². The zero-order chi connectivity index (χ0) is 16.9. The van der Waals surface area contributed by atoms with E-state index in [2.05, 4.69) is 19.9 Å². The van der Waals surface area contributed by atoms with Crippen LogP contribution < -0.4 is 4.74 Å². The molecule has 2 atom stereocenters. The molecule has 3 fully saturated rings. The summed E-state index contributed by atoms with van der Waals surface area (Å²) in [6.45, 7) is 0. The minimum atomic E-state index is -0.752. The highest BCUT2D eigenvalue weighted by Gasteiger charge is 2.63. The van der Waals surface area contributed by atoms with E-state index in [9.17, 15) is 4.79 Å². The maximum atomic E-state index is 13.0. The highest BCUT2D eigenvalue weighted by molar-refractivity contribution is 5.89. The first kappa shape index (κ1) is 14.7. The van der Waals surface area contributed by atoms with Gasteiger partial charge in [-0.15, -0.1) is 0 Å². The summed E-state index contributed by atoms with van der Waals surface area (Å²) in [5, 5.41) is 0. The molecule has 1 amide bonds. The number of hydrogen-bond acceptors (Lipinski definition) is 7. The molecule has 128 valence electrons. The van der Waals surface area contributed by atoms with Crippen molar-refractivity contribution >= 4 is 5.91 Å². The van der Waals surface area contributed by atoms with Gasteiger partial charge < -0.3 is 14.4 Å². The van der Waals surface area contributed by atoms with Crippen LogP contribution in [-0.4, -0.2) is 48.7 Å². The Labute approximate surface area is 144 Å². The molecule has 25 heavy (non-hydrogen) atoms. The van der Waals surface area contributed by atoms with Gasteiger partial charge in [0.15, 0.2) is 5.60 Å². The van der Waals surface area contributed by atoms with Crippen LogP contribution in [0, 0.1) is 0 Å². The smallest absolute Gasteiger partial charge is 0.257 e. The molecule has 5 rings (SSSR count). The Balaban J connectivity index is 1.30. The van der Waals surface area contributed by atoms with Gasteiger partial charge in [-0.1, -0.05) is 0 Å². The summed E-state index contributed by atoms with van der Waals surface area (Å²) < 4.78 is 11.9. The summed E-state index contributed by atoms with van der Waals surface area (Å²) in [6, 6.07) is -0.0504. The minimum Gasteiger partial charge on any atom is -0.473 e. The van der Waals surface area contributed by atoms with E-state index in [-0.39, 0.29) is 24.3 Å². The lowest BCUT2D eigenvalue weighted by atomic mass is 9.76. The lowest BCUT2D eigenvalue weighted by molar-refractivity contribution is -0.162. The fourth-order valence-electron chi connectivity index (χ4n) is 4.03. The second-order valence-electron chi connectivity index (χ2n) is 6.69. The first-order valence-corrected chi connectivity index (χ1v) is 8.44. The van der Waals surface area contributed by atoms with Crippen molar-refractivity contribution in [2.24, 2.45) is 0 Å². The number of nitrogens with zero attached hydrogens (tertiary/aromatic N) is 5. The maximum absolute atomic E-state index is 13.0. The van der Waals surface area contributed by atoms with Crippen LogP contribution in [0.4, 0.5) is 0 Å². The van der Waals surface area contributed by atoms with Crippen LogP contribution in [0.5, 0.6) is 5.88 Å². The van der Waals surface area contributed by atoms with Crippen LogP contribution >= 0.6 is 0 Å². The van der Waals surface area contributed by atoms with Crippen molar-refractivity contribution in [2.45, 2.75) is 49.7 Å². The molecular weight excluding hydrogens is 322 g/mol. The molecule has 0 radical (unpaired) electrons. The largest absolute Gasteiger partial charge is 0.473 e. The van der Waals surface area contributed by atoms with Crippen molar-refractivity contribution in [3.05, 3.63) is 42.9 Å². The average molecular weight is 339 g/mol. The van der Waals surface area contributed by atoms with Crippen LogP contribution in [0.15, 0.2) is 37.2 Å². The topological polar surface area (TPSA) is 90.3 Å². The molecule has 0 bridgehead atoms. The van der Waals surface area contributed by atoms with Crippen molar-refractivity contribution in [1.82, 2.24) is 24.8 Å². The summed E-state index contributed by atoms with van der Waals surface area (Å²) in [5.41, 5.74) is 0.0731. The van der Waals surface area contributed by atoms with Crippen LogP contribution in [-0.2, 0) is 9.53 Å². The minimum absolute atomic E-state index is 0.0460. The predicted molar refractivity (Wildman–Crippen MR) is 84.1 cm³/mol. The average Bonchev–Trinajstić information content (AvgIpc) is 3.15. The molecule has 1 aliphatic carbocycles. The van der Waals surface area contributed by atoms with Gasteiger partial charge in [-0.25, -0.2) is 4.98 Å². The van der Waals surface area contributed by atoms with E-state index >= 15 is 0 Å². The monoisotopic (exact) mass is 339 g/mol. The lowest BCUT2D eigenvalue weighted by Crippen LogP contribution is -2.56. The van der Waals surface area contributed by atoms with E-state index in [1.807, 2.05) is 4.90 Å². The molecule has 0 aromatic carbocycles. The molecule has 2 saturated heterocycles. The standard InChI is InChI=1S/C17H17N5O3/c23-16-17(7-11(8-17)24-14-10-19-4-6-21-14)25-15-2-1-13(22(15)16)12-9-18-3-5-20-12/h3-6,9-11,13,15H,1-2,7-8H2/t11?,13-,15+,17?/m0/s1. The number of amides is 1. The van der Waals surface area contributed by atoms with E-state index in [1.54, 1.807) is 37.2 Å². The van der Waals surface area contributed by atoms with Crippen LogP contribution in [0.25, 0.3) is 0 Å². The zero-order valence-electron chi connectivity index (χ0n) is 13.5. The fourth-order valence-corrected chi connectivity index (χ4v) is 4.03. The second kappa shape index (κ2) is 5.45. The molecule has 1 spiro atoms. The van der Waals surface area contributed by atoms with Crippen molar-refractivity contribution in [3.8, 4) is 5.88 Å². The molecule has 2 aromatic rings. The number of aromatic nitrogens is 4. The molecule has 8 nitrogen and oxygen atoms in total. The fraction of sp³-hybridized carbons (Fsp3) is 0.471. The molecule has 2 aromatic heterocycles. The van der Waals surface area contributed by atoms with Crippen LogP contribution in [0.3, 0.4) is 0 Å². The first-order chi connectivity index (χ1) is 12.3. The highest BCUT2D eigenvalue weighted by atomic mass is 16.6. The molecule has 2 aliphatic heterocycles. The lowest BCUT2D eigenvalue weighted by Gasteiger charge is -2.41. The number of carbonyl (C=O) groups excluding carboxylic acids is 1. The number of hydrogen-bond donors (Lipinski definition) is 0. The molecule has 8 heteroatoms.